The summed E-state index contributed by atoms with van der Waals surface area (Å²) in [5, 5.41) is 20.6. The van der Waals surface area contributed by atoms with E-state index in [-0.39, 0.29) is 13.2 Å². The zero-order valence-electron chi connectivity index (χ0n) is 10.2. The predicted molar refractivity (Wildman–Crippen MR) is 67.6 cm³/mol. The minimum absolute atomic E-state index is 0.00496. The quantitative estimate of drug-likeness (QED) is 0.800. The largest absolute Gasteiger partial charge is 0.396 e. The van der Waals surface area contributed by atoms with Crippen LogP contribution in [-0.2, 0) is 0 Å². The SMILES string of the molecule is CC(c1cccs1)N(C)CC(C)(CO)CO. The van der Waals surface area contributed by atoms with Crippen molar-refractivity contribution < 1.29 is 10.2 Å². The van der Waals surface area contributed by atoms with Crippen LogP contribution in [0, 0.1) is 5.41 Å². The third-order valence-electron chi connectivity index (χ3n) is 3.01. The minimum atomic E-state index is -0.430. The van der Waals surface area contributed by atoms with Crippen LogP contribution < -0.4 is 0 Å². The standard InChI is InChI=1S/C12H21NO2S/c1-10(11-5-4-6-16-11)13(3)7-12(2,8-14)9-15/h4-6,10,14-15H,7-9H2,1-3H3. The van der Waals surface area contributed by atoms with Crippen molar-refractivity contribution in [3.05, 3.63) is 22.4 Å². The van der Waals surface area contributed by atoms with Crippen molar-refractivity contribution in [2.75, 3.05) is 26.8 Å². The van der Waals surface area contributed by atoms with Crippen LogP contribution in [0.5, 0.6) is 0 Å². The van der Waals surface area contributed by atoms with E-state index in [1.165, 1.54) is 4.88 Å². The van der Waals surface area contributed by atoms with Gasteiger partial charge in [-0.25, -0.2) is 0 Å². The Kier molecular flexibility index (Phi) is 4.92. The van der Waals surface area contributed by atoms with E-state index in [4.69, 9.17) is 0 Å². The lowest BCUT2D eigenvalue weighted by Gasteiger charge is -2.33. The van der Waals surface area contributed by atoms with E-state index in [9.17, 15) is 10.2 Å². The van der Waals surface area contributed by atoms with Gasteiger partial charge in [-0.3, -0.25) is 4.90 Å². The number of aliphatic hydroxyl groups excluding tert-OH is 2. The maximum Gasteiger partial charge on any atom is 0.0519 e. The van der Waals surface area contributed by atoms with Gasteiger partial charge in [0, 0.05) is 22.9 Å². The number of thiophene rings is 1. The van der Waals surface area contributed by atoms with E-state index in [0.29, 0.717) is 12.6 Å². The van der Waals surface area contributed by atoms with Crippen LogP contribution in [0.25, 0.3) is 0 Å². The Morgan fingerprint density at radius 1 is 1.44 bits per heavy atom. The van der Waals surface area contributed by atoms with Crippen LogP contribution in [0.15, 0.2) is 17.5 Å². The minimum Gasteiger partial charge on any atom is -0.396 e. The maximum absolute atomic E-state index is 9.26. The lowest BCUT2D eigenvalue weighted by Crippen LogP contribution is -2.39. The van der Waals surface area contributed by atoms with Gasteiger partial charge in [-0.15, -0.1) is 11.3 Å². The summed E-state index contributed by atoms with van der Waals surface area (Å²) in [6, 6.07) is 4.47. The summed E-state index contributed by atoms with van der Waals surface area (Å²) in [6.07, 6.45) is 0. The van der Waals surface area contributed by atoms with Crippen molar-refractivity contribution in [3.63, 3.8) is 0 Å². The van der Waals surface area contributed by atoms with Gasteiger partial charge in [0.05, 0.1) is 13.2 Å². The maximum atomic E-state index is 9.26. The summed E-state index contributed by atoms with van der Waals surface area (Å²) in [6.45, 7) is 4.72. The third kappa shape index (κ3) is 3.28. The molecule has 0 aromatic carbocycles. The van der Waals surface area contributed by atoms with Crippen molar-refractivity contribution in [2.45, 2.75) is 19.9 Å². The normalized spacial score (nSPS) is 14.4. The molecule has 1 heterocycles. The Balaban J connectivity index is 2.61. The second kappa shape index (κ2) is 5.77. The molecule has 0 aliphatic carbocycles. The first-order chi connectivity index (χ1) is 7.52. The molecular weight excluding hydrogens is 222 g/mol. The van der Waals surface area contributed by atoms with Crippen LogP contribution in [0.2, 0.25) is 0 Å². The van der Waals surface area contributed by atoms with E-state index in [1.54, 1.807) is 11.3 Å². The van der Waals surface area contributed by atoms with Crippen molar-refractivity contribution in [1.29, 1.82) is 0 Å². The van der Waals surface area contributed by atoms with Crippen molar-refractivity contribution in [3.8, 4) is 0 Å². The van der Waals surface area contributed by atoms with Crippen LogP contribution in [-0.4, -0.2) is 41.9 Å². The van der Waals surface area contributed by atoms with Gasteiger partial charge in [-0.2, -0.15) is 0 Å². The van der Waals surface area contributed by atoms with Crippen LogP contribution in [0.4, 0.5) is 0 Å². The van der Waals surface area contributed by atoms with Gasteiger partial charge in [0.15, 0.2) is 0 Å². The molecule has 92 valence electrons. The average Bonchev–Trinajstić information content (AvgIpc) is 2.81. The first-order valence-electron chi connectivity index (χ1n) is 5.48. The van der Waals surface area contributed by atoms with Gasteiger partial charge < -0.3 is 10.2 Å². The van der Waals surface area contributed by atoms with Crippen LogP contribution in [0.1, 0.15) is 24.8 Å². The molecule has 1 unspecified atom stereocenters. The third-order valence-corrected chi connectivity index (χ3v) is 4.05. The van der Waals surface area contributed by atoms with Crippen LogP contribution in [0.3, 0.4) is 0 Å². The molecule has 0 saturated heterocycles. The molecule has 2 N–H and O–H groups in total. The summed E-state index contributed by atoms with van der Waals surface area (Å²) in [7, 11) is 2.02. The fourth-order valence-electron chi connectivity index (χ4n) is 1.64. The molecule has 0 fully saturated rings. The molecule has 1 rings (SSSR count). The second-order valence-electron chi connectivity index (χ2n) is 4.73. The lowest BCUT2D eigenvalue weighted by atomic mass is 9.92. The molecule has 1 aromatic rings. The summed E-state index contributed by atoms with van der Waals surface area (Å²) in [5.74, 6) is 0. The monoisotopic (exact) mass is 243 g/mol. The smallest absolute Gasteiger partial charge is 0.0519 e. The highest BCUT2D eigenvalue weighted by Crippen LogP contribution is 2.26. The molecular formula is C12H21NO2S. The molecule has 3 nitrogen and oxygen atoms in total. The number of hydrogen-bond donors (Lipinski definition) is 2. The van der Waals surface area contributed by atoms with E-state index in [0.717, 1.165) is 0 Å². The lowest BCUT2D eigenvalue weighted by molar-refractivity contribution is 0.0330. The molecule has 0 saturated carbocycles. The van der Waals surface area contributed by atoms with Crippen molar-refractivity contribution in [2.24, 2.45) is 5.41 Å². The van der Waals surface area contributed by atoms with Gasteiger partial charge in [0.25, 0.3) is 0 Å². The second-order valence-corrected chi connectivity index (χ2v) is 5.71. The zero-order valence-corrected chi connectivity index (χ0v) is 11.0. The first-order valence-corrected chi connectivity index (χ1v) is 6.36. The van der Waals surface area contributed by atoms with Gasteiger partial charge in [0.2, 0.25) is 0 Å². The van der Waals surface area contributed by atoms with E-state index in [1.807, 2.05) is 20.0 Å². The van der Waals surface area contributed by atoms with Crippen molar-refractivity contribution in [1.82, 2.24) is 4.90 Å². The predicted octanol–water partition coefficient (Wildman–Crippen LogP) is 1.73. The number of nitrogens with zero attached hydrogens (tertiary/aromatic N) is 1. The van der Waals surface area contributed by atoms with Crippen LogP contribution >= 0.6 is 11.3 Å². The number of aliphatic hydroxyl groups is 2. The Bertz CT molecular complexity index is 296. The molecule has 0 aliphatic rings. The first kappa shape index (κ1) is 13.6. The molecule has 0 amide bonds. The summed E-state index contributed by atoms with van der Waals surface area (Å²) >= 11 is 1.73. The van der Waals surface area contributed by atoms with E-state index >= 15 is 0 Å². The highest BCUT2D eigenvalue weighted by atomic mass is 32.1. The topological polar surface area (TPSA) is 43.7 Å². The average molecular weight is 243 g/mol. The molecule has 1 aromatic heterocycles. The Labute approximate surface area is 101 Å². The number of rotatable bonds is 6. The molecule has 4 heteroatoms. The Morgan fingerprint density at radius 3 is 2.50 bits per heavy atom. The molecule has 0 radical (unpaired) electrons. The number of hydrogen-bond acceptors (Lipinski definition) is 4. The van der Waals surface area contributed by atoms with E-state index < -0.39 is 5.41 Å². The van der Waals surface area contributed by atoms with Crippen molar-refractivity contribution >= 4 is 11.3 Å². The fraction of sp³-hybridized carbons (Fsp3) is 0.667. The Morgan fingerprint density at radius 2 is 2.06 bits per heavy atom. The summed E-state index contributed by atoms with van der Waals surface area (Å²) in [5.41, 5.74) is -0.430. The molecule has 16 heavy (non-hydrogen) atoms. The fourth-order valence-corrected chi connectivity index (χ4v) is 2.48. The summed E-state index contributed by atoms with van der Waals surface area (Å²) in [4.78, 5) is 3.47. The summed E-state index contributed by atoms with van der Waals surface area (Å²) < 4.78 is 0. The zero-order chi connectivity index (χ0) is 12.2. The van der Waals surface area contributed by atoms with Gasteiger partial charge in [-0.1, -0.05) is 13.0 Å². The van der Waals surface area contributed by atoms with Gasteiger partial charge in [0.1, 0.15) is 0 Å². The highest BCUT2D eigenvalue weighted by Gasteiger charge is 2.26. The molecule has 1 atom stereocenters. The van der Waals surface area contributed by atoms with Gasteiger partial charge in [-0.05, 0) is 25.4 Å². The molecule has 0 bridgehead atoms. The highest BCUT2D eigenvalue weighted by molar-refractivity contribution is 7.10. The molecule has 0 aliphatic heterocycles. The van der Waals surface area contributed by atoms with Gasteiger partial charge >= 0.3 is 0 Å². The Hall–Kier alpha value is -0.420. The van der Waals surface area contributed by atoms with E-state index in [2.05, 4.69) is 23.3 Å². The molecule has 0 spiro atoms.